The van der Waals surface area contributed by atoms with Crippen LogP contribution in [0.2, 0.25) is 0 Å². The molecule has 0 radical (unpaired) electrons. The van der Waals surface area contributed by atoms with E-state index >= 15 is 0 Å². The molecule has 0 bridgehead atoms. The maximum absolute atomic E-state index is 12.6. The minimum Gasteiger partial charge on any atom is -0.341 e. The Labute approximate surface area is 151 Å². The van der Waals surface area contributed by atoms with Crippen LogP contribution in [-0.2, 0) is 14.8 Å². The average Bonchev–Trinajstić information content (AvgIpc) is 3.26. The van der Waals surface area contributed by atoms with Gasteiger partial charge in [0, 0.05) is 25.6 Å². The van der Waals surface area contributed by atoms with E-state index in [9.17, 15) is 13.2 Å². The molecular weight excluding hydrogens is 350 g/mol. The molecule has 3 rings (SSSR count). The van der Waals surface area contributed by atoms with Crippen LogP contribution in [0.5, 0.6) is 0 Å². The first kappa shape index (κ1) is 19.9. The summed E-state index contributed by atoms with van der Waals surface area (Å²) in [6, 6.07) is 0. The summed E-state index contributed by atoms with van der Waals surface area (Å²) in [6.07, 6.45) is 6.67. The van der Waals surface area contributed by atoms with Crippen molar-refractivity contribution < 1.29 is 13.2 Å². The van der Waals surface area contributed by atoms with E-state index in [0.29, 0.717) is 32.0 Å². The van der Waals surface area contributed by atoms with E-state index in [0.717, 1.165) is 51.6 Å². The van der Waals surface area contributed by atoms with Crippen LogP contribution < -0.4 is 10.0 Å². The van der Waals surface area contributed by atoms with Crippen LogP contribution in [0.3, 0.4) is 0 Å². The quantitative estimate of drug-likeness (QED) is 0.750. The maximum Gasteiger partial charge on any atom is 0.225 e. The summed E-state index contributed by atoms with van der Waals surface area (Å²) >= 11 is 0. The van der Waals surface area contributed by atoms with E-state index in [4.69, 9.17) is 0 Å². The first-order chi connectivity index (χ1) is 11.1. The molecule has 2 saturated heterocycles. The van der Waals surface area contributed by atoms with Crippen molar-refractivity contribution >= 4 is 28.3 Å². The molecule has 3 fully saturated rings. The lowest BCUT2D eigenvalue weighted by Crippen LogP contribution is -2.50. The molecule has 8 heteroatoms. The summed E-state index contributed by atoms with van der Waals surface area (Å²) in [5.41, 5.74) is 0. The minimum absolute atomic E-state index is 0. The smallest absolute Gasteiger partial charge is 0.225 e. The van der Waals surface area contributed by atoms with Crippen molar-refractivity contribution in [2.24, 2.45) is 11.8 Å². The van der Waals surface area contributed by atoms with Crippen molar-refractivity contribution in [3.63, 3.8) is 0 Å². The van der Waals surface area contributed by atoms with Crippen molar-refractivity contribution in [2.45, 2.75) is 50.2 Å². The number of hydrogen-bond donors (Lipinski definition) is 2. The highest BCUT2D eigenvalue weighted by Gasteiger charge is 2.35. The number of amides is 1. The predicted molar refractivity (Wildman–Crippen MR) is 96.7 cm³/mol. The van der Waals surface area contributed by atoms with Crippen LogP contribution in [0.15, 0.2) is 0 Å². The number of halogens is 1. The molecule has 1 aliphatic carbocycles. The highest BCUT2D eigenvalue weighted by molar-refractivity contribution is 7.90. The molecule has 0 aromatic heterocycles. The second-order valence-corrected chi connectivity index (χ2v) is 9.33. The van der Waals surface area contributed by atoms with E-state index in [1.807, 2.05) is 0 Å². The Balaban J connectivity index is 0.00000208. The van der Waals surface area contributed by atoms with Crippen molar-refractivity contribution in [1.29, 1.82) is 0 Å². The molecule has 2 unspecified atom stereocenters. The third-order valence-corrected chi connectivity index (χ3v) is 7.40. The molecular formula is C16H30ClN3O3S. The van der Waals surface area contributed by atoms with Gasteiger partial charge in [0.05, 0.1) is 5.25 Å². The lowest BCUT2D eigenvalue weighted by Gasteiger charge is -2.34. The Morgan fingerprint density at radius 1 is 1.12 bits per heavy atom. The van der Waals surface area contributed by atoms with E-state index in [1.165, 1.54) is 0 Å². The zero-order chi connectivity index (χ0) is 16.3. The Hall–Kier alpha value is -0.370. The van der Waals surface area contributed by atoms with Crippen LogP contribution in [0.1, 0.15) is 44.9 Å². The van der Waals surface area contributed by atoms with Gasteiger partial charge in [0.15, 0.2) is 0 Å². The van der Waals surface area contributed by atoms with Gasteiger partial charge in [0.2, 0.25) is 15.9 Å². The minimum atomic E-state index is -3.33. The number of carbonyl (C=O) groups is 1. The highest BCUT2D eigenvalue weighted by atomic mass is 35.5. The first-order valence-electron chi connectivity index (χ1n) is 9.04. The molecule has 0 spiro atoms. The summed E-state index contributed by atoms with van der Waals surface area (Å²) in [7, 11) is -3.33. The number of rotatable bonds is 5. The van der Waals surface area contributed by atoms with Gasteiger partial charge in [-0.05, 0) is 51.1 Å². The van der Waals surface area contributed by atoms with Crippen molar-refractivity contribution in [3.8, 4) is 0 Å². The summed E-state index contributed by atoms with van der Waals surface area (Å²) in [6.45, 7) is 3.46. The van der Waals surface area contributed by atoms with Gasteiger partial charge in [-0.15, -0.1) is 12.4 Å². The molecule has 0 aromatic carbocycles. The van der Waals surface area contributed by atoms with Gasteiger partial charge in [-0.2, -0.15) is 0 Å². The third-order valence-electron chi connectivity index (χ3n) is 5.57. The highest BCUT2D eigenvalue weighted by Crippen LogP contribution is 2.28. The molecule has 3 aliphatic rings. The van der Waals surface area contributed by atoms with Crippen LogP contribution in [0, 0.1) is 11.8 Å². The van der Waals surface area contributed by atoms with Crippen LogP contribution in [-0.4, -0.2) is 57.2 Å². The Morgan fingerprint density at radius 2 is 1.88 bits per heavy atom. The molecule has 1 amide bonds. The molecule has 2 heterocycles. The van der Waals surface area contributed by atoms with Gasteiger partial charge in [-0.25, -0.2) is 13.1 Å². The summed E-state index contributed by atoms with van der Waals surface area (Å²) in [5.74, 6) is 0.709. The number of piperidine rings is 1. The van der Waals surface area contributed by atoms with Crippen molar-refractivity contribution in [3.05, 3.63) is 0 Å². The maximum atomic E-state index is 12.6. The van der Waals surface area contributed by atoms with Gasteiger partial charge >= 0.3 is 0 Å². The Morgan fingerprint density at radius 3 is 2.54 bits per heavy atom. The second-order valence-electron chi connectivity index (χ2n) is 7.28. The van der Waals surface area contributed by atoms with E-state index in [1.54, 1.807) is 4.90 Å². The molecule has 1 saturated carbocycles. The first-order valence-corrected chi connectivity index (χ1v) is 10.6. The van der Waals surface area contributed by atoms with Crippen LogP contribution >= 0.6 is 12.4 Å². The van der Waals surface area contributed by atoms with Gasteiger partial charge in [0.25, 0.3) is 0 Å². The normalized spacial score (nSPS) is 28.8. The van der Waals surface area contributed by atoms with E-state index in [-0.39, 0.29) is 24.2 Å². The topological polar surface area (TPSA) is 78.5 Å². The largest absolute Gasteiger partial charge is 0.341 e. The molecule has 24 heavy (non-hydrogen) atoms. The molecule has 2 aliphatic heterocycles. The van der Waals surface area contributed by atoms with Crippen LogP contribution in [0.25, 0.3) is 0 Å². The fraction of sp³-hybridized carbons (Fsp3) is 0.938. The standard InChI is InChI=1S/C16H29N3O3S.ClH/c20-16(14-4-1-2-5-14)19-9-3-6-15(12-19)23(21,22)18-11-13-7-8-17-10-13;/h13-15,17-18H,1-12H2;1H. The fourth-order valence-electron chi connectivity index (χ4n) is 4.06. The number of nitrogens with zero attached hydrogens (tertiary/aromatic N) is 1. The molecule has 2 atom stereocenters. The van der Waals surface area contributed by atoms with Gasteiger partial charge < -0.3 is 10.2 Å². The lowest BCUT2D eigenvalue weighted by molar-refractivity contribution is -0.136. The molecule has 140 valence electrons. The Kier molecular flexibility index (Phi) is 7.34. The van der Waals surface area contributed by atoms with Gasteiger partial charge in [0.1, 0.15) is 0 Å². The summed E-state index contributed by atoms with van der Waals surface area (Å²) < 4.78 is 27.9. The number of likely N-dealkylation sites (tertiary alicyclic amines) is 1. The molecule has 2 N–H and O–H groups in total. The lowest BCUT2D eigenvalue weighted by atomic mass is 10.0. The monoisotopic (exact) mass is 379 g/mol. The number of nitrogens with one attached hydrogen (secondary N) is 2. The molecule has 6 nitrogen and oxygen atoms in total. The zero-order valence-electron chi connectivity index (χ0n) is 14.2. The summed E-state index contributed by atoms with van der Waals surface area (Å²) in [4.78, 5) is 14.3. The van der Waals surface area contributed by atoms with Gasteiger partial charge in [-0.3, -0.25) is 4.79 Å². The number of hydrogen-bond acceptors (Lipinski definition) is 4. The Bertz CT molecular complexity index is 517. The van der Waals surface area contributed by atoms with Crippen LogP contribution in [0.4, 0.5) is 0 Å². The average molecular weight is 380 g/mol. The van der Waals surface area contributed by atoms with E-state index < -0.39 is 15.3 Å². The fourth-order valence-corrected chi connectivity index (χ4v) is 5.62. The predicted octanol–water partition coefficient (Wildman–Crippen LogP) is 1.12. The number of sulfonamides is 1. The van der Waals surface area contributed by atoms with E-state index in [2.05, 4.69) is 10.0 Å². The second kappa shape index (κ2) is 8.83. The van der Waals surface area contributed by atoms with Crippen molar-refractivity contribution in [1.82, 2.24) is 14.9 Å². The summed E-state index contributed by atoms with van der Waals surface area (Å²) in [5, 5.41) is 2.81. The van der Waals surface area contributed by atoms with Crippen molar-refractivity contribution in [2.75, 3.05) is 32.7 Å². The number of carbonyl (C=O) groups excluding carboxylic acids is 1. The SMILES string of the molecule is Cl.O=C(C1CCCC1)N1CCCC(S(=O)(=O)NCC2CCNC2)C1. The van der Waals surface area contributed by atoms with Gasteiger partial charge in [-0.1, -0.05) is 12.8 Å². The zero-order valence-corrected chi connectivity index (χ0v) is 15.8. The third kappa shape index (κ3) is 4.84. The molecule has 0 aromatic rings.